The van der Waals surface area contributed by atoms with Gasteiger partial charge in [0.1, 0.15) is 6.04 Å². The first-order valence-corrected chi connectivity index (χ1v) is 5.16. The van der Waals surface area contributed by atoms with Crippen LogP contribution < -0.4 is 16.8 Å². The molecule has 102 valence electrons. The monoisotopic (exact) mass is 272 g/mol. The molecule has 0 saturated heterocycles. The molecule has 1 amide bonds. The zero-order valence-corrected chi connectivity index (χ0v) is 9.66. The molecule has 0 radical (unpaired) electrons. The number of carbonyl (C=O) groups excluding carboxylic acids is 1. The van der Waals surface area contributed by atoms with Crippen molar-refractivity contribution in [1.82, 2.24) is 0 Å². The third-order valence-corrected chi connectivity index (χ3v) is 2.34. The van der Waals surface area contributed by atoms with E-state index in [1.807, 2.05) is 0 Å². The van der Waals surface area contributed by atoms with Gasteiger partial charge in [-0.2, -0.15) is 18.4 Å². The topological polar surface area (TPSA) is 105 Å². The maximum atomic E-state index is 12.7. The van der Waals surface area contributed by atoms with E-state index in [1.165, 1.54) is 12.1 Å². The number of benzene rings is 1. The third kappa shape index (κ3) is 3.86. The molecule has 0 aliphatic rings. The fraction of sp³-hybridized carbons (Fsp3) is 0.273. The number of nitriles is 1. The second-order valence-electron chi connectivity index (χ2n) is 3.76. The molecule has 1 aromatic carbocycles. The second kappa shape index (κ2) is 5.58. The highest BCUT2D eigenvalue weighted by molar-refractivity contribution is 5.80. The fourth-order valence-electron chi connectivity index (χ4n) is 1.31. The summed E-state index contributed by atoms with van der Waals surface area (Å²) < 4.78 is 38.0. The fourth-order valence-corrected chi connectivity index (χ4v) is 1.31. The Balaban J connectivity index is 2.94. The Morgan fingerprint density at radius 3 is 2.58 bits per heavy atom. The average Bonchev–Trinajstić information content (AvgIpc) is 2.34. The van der Waals surface area contributed by atoms with Gasteiger partial charge in [0.15, 0.2) is 0 Å². The molecule has 5 nitrogen and oxygen atoms in total. The van der Waals surface area contributed by atoms with Crippen LogP contribution in [0.5, 0.6) is 0 Å². The molecule has 0 fully saturated rings. The Labute approximate surface area is 107 Å². The molecular weight excluding hydrogens is 261 g/mol. The van der Waals surface area contributed by atoms with Gasteiger partial charge in [-0.05, 0) is 18.2 Å². The number of nitrogens with two attached hydrogens (primary N) is 2. The number of halogens is 3. The van der Waals surface area contributed by atoms with E-state index in [0.29, 0.717) is 0 Å². The van der Waals surface area contributed by atoms with E-state index in [9.17, 15) is 18.0 Å². The number of amides is 1. The first-order valence-electron chi connectivity index (χ1n) is 5.16. The summed E-state index contributed by atoms with van der Waals surface area (Å²) in [6.07, 6.45) is -4.63. The van der Waals surface area contributed by atoms with Crippen molar-refractivity contribution in [3.63, 3.8) is 0 Å². The van der Waals surface area contributed by atoms with Crippen molar-refractivity contribution in [3.8, 4) is 6.07 Å². The lowest BCUT2D eigenvalue weighted by Crippen LogP contribution is -2.41. The van der Waals surface area contributed by atoms with Gasteiger partial charge >= 0.3 is 6.18 Å². The predicted molar refractivity (Wildman–Crippen MR) is 61.8 cm³/mol. The SMILES string of the molecule is N#Cc1ccc(NCC(N)C(N)=O)cc1C(F)(F)F. The Bertz CT molecular complexity index is 522. The van der Waals surface area contributed by atoms with E-state index in [1.54, 1.807) is 0 Å². The minimum atomic E-state index is -4.63. The summed E-state index contributed by atoms with van der Waals surface area (Å²) in [4.78, 5) is 10.7. The number of alkyl halides is 3. The summed E-state index contributed by atoms with van der Waals surface area (Å²) in [6, 6.07) is 3.58. The van der Waals surface area contributed by atoms with Crippen molar-refractivity contribution in [1.29, 1.82) is 5.26 Å². The number of hydrogen-bond acceptors (Lipinski definition) is 4. The molecule has 0 bridgehead atoms. The molecule has 1 atom stereocenters. The lowest BCUT2D eigenvalue weighted by atomic mass is 10.1. The zero-order chi connectivity index (χ0) is 14.6. The van der Waals surface area contributed by atoms with E-state index < -0.39 is 29.3 Å². The summed E-state index contributed by atoms with van der Waals surface area (Å²) in [5.41, 5.74) is 8.83. The van der Waals surface area contributed by atoms with Gasteiger partial charge in [-0.15, -0.1) is 0 Å². The molecule has 0 aliphatic carbocycles. The van der Waals surface area contributed by atoms with Crippen LogP contribution in [-0.4, -0.2) is 18.5 Å². The molecule has 1 unspecified atom stereocenters. The molecule has 5 N–H and O–H groups in total. The predicted octanol–water partition coefficient (Wildman–Crippen LogP) is 0.802. The highest BCUT2D eigenvalue weighted by Gasteiger charge is 2.33. The Morgan fingerprint density at radius 1 is 1.47 bits per heavy atom. The van der Waals surface area contributed by atoms with Crippen LogP contribution >= 0.6 is 0 Å². The minimum absolute atomic E-state index is 0.0987. The van der Waals surface area contributed by atoms with Crippen molar-refractivity contribution in [2.24, 2.45) is 11.5 Å². The van der Waals surface area contributed by atoms with E-state index in [0.717, 1.165) is 12.1 Å². The number of nitrogens with one attached hydrogen (secondary N) is 1. The van der Waals surface area contributed by atoms with Gasteiger partial charge in [0.2, 0.25) is 5.91 Å². The van der Waals surface area contributed by atoms with Crippen LogP contribution in [0.1, 0.15) is 11.1 Å². The standard InChI is InChI=1S/C11H11F3N4O/c12-11(13,14)8-3-7(2-1-6(8)4-15)18-5-9(16)10(17)19/h1-3,9,18H,5,16H2,(H2,17,19). The van der Waals surface area contributed by atoms with Gasteiger partial charge in [-0.3, -0.25) is 4.79 Å². The van der Waals surface area contributed by atoms with Crippen LogP contribution in [0.15, 0.2) is 18.2 Å². The van der Waals surface area contributed by atoms with Gasteiger partial charge in [0.05, 0.1) is 17.2 Å². The summed E-state index contributed by atoms with van der Waals surface area (Å²) >= 11 is 0. The van der Waals surface area contributed by atoms with Crippen LogP contribution in [0.25, 0.3) is 0 Å². The van der Waals surface area contributed by atoms with Crippen molar-refractivity contribution < 1.29 is 18.0 Å². The first-order chi connectivity index (χ1) is 8.75. The van der Waals surface area contributed by atoms with Crippen LogP contribution in [-0.2, 0) is 11.0 Å². The molecule has 0 aromatic heterocycles. The quantitative estimate of drug-likeness (QED) is 0.753. The second-order valence-corrected chi connectivity index (χ2v) is 3.76. The molecule has 0 heterocycles. The lowest BCUT2D eigenvalue weighted by Gasteiger charge is -2.13. The van der Waals surface area contributed by atoms with Gasteiger partial charge < -0.3 is 16.8 Å². The zero-order valence-electron chi connectivity index (χ0n) is 9.66. The third-order valence-electron chi connectivity index (χ3n) is 2.34. The van der Waals surface area contributed by atoms with Crippen LogP contribution in [0.3, 0.4) is 0 Å². The van der Waals surface area contributed by atoms with E-state index in [4.69, 9.17) is 16.7 Å². The molecule has 1 rings (SSSR count). The number of nitrogens with zero attached hydrogens (tertiary/aromatic N) is 1. The van der Waals surface area contributed by atoms with Crippen molar-refractivity contribution in [3.05, 3.63) is 29.3 Å². The van der Waals surface area contributed by atoms with Crippen molar-refractivity contribution in [2.75, 3.05) is 11.9 Å². The highest BCUT2D eigenvalue weighted by Crippen LogP contribution is 2.33. The molecular formula is C11H11F3N4O. The molecule has 8 heteroatoms. The molecule has 0 aliphatic heterocycles. The molecule has 0 spiro atoms. The van der Waals surface area contributed by atoms with Gasteiger partial charge in [0.25, 0.3) is 0 Å². The number of primary amides is 1. The smallest absolute Gasteiger partial charge is 0.383 e. The Hall–Kier alpha value is -2.27. The number of rotatable bonds is 4. The summed E-state index contributed by atoms with van der Waals surface area (Å²) in [6.45, 7) is -0.0987. The number of carbonyl (C=O) groups is 1. The number of anilines is 1. The average molecular weight is 272 g/mol. The Morgan fingerprint density at radius 2 is 2.11 bits per heavy atom. The largest absolute Gasteiger partial charge is 0.417 e. The molecule has 0 saturated carbocycles. The molecule has 1 aromatic rings. The van der Waals surface area contributed by atoms with Gasteiger partial charge in [-0.1, -0.05) is 0 Å². The van der Waals surface area contributed by atoms with E-state index in [2.05, 4.69) is 5.32 Å². The van der Waals surface area contributed by atoms with Crippen LogP contribution in [0.2, 0.25) is 0 Å². The first kappa shape index (κ1) is 14.8. The summed E-state index contributed by atoms with van der Waals surface area (Å²) in [5.74, 6) is -0.766. The lowest BCUT2D eigenvalue weighted by molar-refractivity contribution is -0.137. The van der Waals surface area contributed by atoms with Crippen LogP contribution in [0.4, 0.5) is 18.9 Å². The van der Waals surface area contributed by atoms with Crippen molar-refractivity contribution >= 4 is 11.6 Å². The van der Waals surface area contributed by atoms with Crippen LogP contribution in [0, 0.1) is 11.3 Å². The summed E-state index contributed by atoms with van der Waals surface area (Å²) in [7, 11) is 0. The highest BCUT2D eigenvalue weighted by atomic mass is 19.4. The number of hydrogen-bond donors (Lipinski definition) is 3. The maximum Gasteiger partial charge on any atom is 0.417 e. The Kier molecular flexibility index (Phi) is 4.34. The van der Waals surface area contributed by atoms with Gasteiger partial charge in [-0.25, -0.2) is 0 Å². The van der Waals surface area contributed by atoms with E-state index in [-0.39, 0.29) is 12.2 Å². The maximum absolute atomic E-state index is 12.7. The summed E-state index contributed by atoms with van der Waals surface area (Å²) in [5, 5.41) is 11.2. The van der Waals surface area contributed by atoms with E-state index >= 15 is 0 Å². The normalized spacial score (nSPS) is 12.6. The molecule has 19 heavy (non-hydrogen) atoms. The van der Waals surface area contributed by atoms with Crippen molar-refractivity contribution in [2.45, 2.75) is 12.2 Å². The minimum Gasteiger partial charge on any atom is -0.383 e. The van der Waals surface area contributed by atoms with Gasteiger partial charge in [0, 0.05) is 12.2 Å².